The molecule has 7 nitrogen and oxygen atoms in total. The van der Waals surface area contributed by atoms with E-state index >= 15 is 0 Å². The van der Waals surface area contributed by atoms with Crippen LogP contribution in [0.1, 0.15) is 16.9 Å². The lowest BCUT2D eigenvalue weighted by molar-refractivity contribution is -0.137. The van der Waals surface area contributed by atoms with Crippen molar-refractivity contribution in [3.63, 3.8) is 0 Å². The number of nitrogens with zero attached hydrogens (tertiary/aromatic N) is 3. The number of amides is 1. The van der Waals surface area contributed by atoms with Crippen molar-refractivity contribution in [2.75, 3.05) is 5.32 Å². The predicted octanol–water partition coefficient (Wildman–Crippen LogP) is 1.01. The number of carbonyl (C=O) groups excluding carboxylic acids is 1. The van der Waals surface area contributed by atoms with Crippen LogP contribution in [0.4, 0.5) is 5.69 Å². The Bertz CT molecular complexity index is 580. The molecule has 0 aliphatic rings. The number of aromatic nitrogens is 3. The number of nitrogens with one attached hydrogen (secondary N) is 1. The van der Waals surface area contributed by atoms with E-state index in [1.54, 1.807) is 30.6 Å². The molecule has 1 amide bonds. The van der Waals surface area contributed by atoms with Crippen molar-refractivity contribution in [2.45, 2.75) is 13.0 Å². The average Bonchev–Trinajstić information content (AvgIpc) is 2.86. The van der Waals surface area contributed by atoms with Gasteiger partial charge in [-0.2, -0.15) is 5.10 Å². The Morgan fingerprint density at radius 1 is 1.21 bits per heavy atom. The van der Waals surface area contributed by atoms with Crippen LogP contribution in [0.3, 0.4) is 0 Å². The van der Waals surface area contributed by atoms with Crippen molar-refractivity contribution >= 4 is 17.6 Å². The Kier molecular flexibility index (Phi) is 3.87. The van der Waals surface area contributed by atoms with Gasteiger partial charge in [0.15, 0.2) is 0 Å². The molecule has 0 spiro atoms. The fourth-order valence-electron chi connectivity index (χ4n) is 1.54. The molecular weight excluding hydrogens is 248 g/mol. The summed E-state index contributed by atoms with van der Waals surface area (Å²) in [6.07, 6.45) is 4.51. The summed E-state index contributed by atoms with van der Waals surface area (Å²) in [7, 11) is 0. The monoisotopic (exact) mass is 260 g/mol. The molecule has 98 valence electrons. The Labute approximate surface area is 108 Å². The Morgan fingerprint density at radius 3 is 2.63 bits per heavy atom. The first-order valence-electron chi connectivity index (χ1n) is 5.62. The average molecular weight is 260 g/mol. The molecule has 2 heterocycles. The van der Waals surface area contributed by atoms with Gasteiger partial charge in [0, 0.05) is 24.3 Å². The predicted molar refractivity (Wildman–Crippen MR) is 66.7 cm³/mol. The van der Waals surface area contributed by atoms with E-state index in [9.17, 15) is 9.59 Å². The number of hydrogen-bond donors (Lipinski definition) is 2. The topological polar surface area (TPSA) is 97.1 Å². The second-order valence-corrected chi connectivity index (χ2v) is 3.77. The zero-order valence-electron chi connectivity index (χ0n) is 9.98. The summed E-state index contributed by atoms with van der Waals surface area (Å²) >= 11 is 0. The van der Waals surface area contributed by atoms with E-state index in [0.717, 1.165) is 0 Å². The molecule has 0 bridgehead atoms. The van der Waals surface area contributed by atoms with Crippen LogP contribution < -0.4 is 5.32 Å². The summed E-state index contributed by atoms with van der Waals surface area (Å²) in [6.45, 7) is 0.154. The largest absolute Gasteiger partial charge is 0.481 e. The molecule has 7 heteroatoms. The second-order valence-electron chi connectivity index (χ2n) is 3.77. The highest BCUT2D eigenvalue weighted by atomic mass is 16.4. The molecule has 2 aromatic heterocycles. The van der Waals surface area contributed by atoms with E-state index in [-0.39, 0.29) is 18.9 Å². The van der Waals surface area contributed by atoms with Gasteiger partial charge >= 0.3 is 5.97 Å². The quantitative estimate of drug-likeness (QED) is 0.836. The molecule has 0 aromatic carbocycles. The Morgan fingerprint density at radius 2 is 1.95 bits per heavy atom. The molecule has 0 saturated heterocycles. The second kappa shape index (κ2) is 5.76. The van der Waals surface area contributed by atoms with E-state index in [4.69, 9.17) is 5.11 Å². The van der Waals surface area contributed by atoms with Crippen molar-refractivity contribution in [3.05, 3.63) is 42.5 Å². The van der Waals surface area contributed by atoms with Gasteiger partial charge in [-0.15, -0.1) is 0 Å². The Balaban J connectivity index is 2.07. The number of carboxylic acid groups (broad SMARTS) is 1. The van der Waals surface area contributed by atoms with Crippen molar-refractivity contribution in [2.24, 2.45) is 0 Å². The van der Waals surface area contributed by atoms with E-state index < -0.39 is 5.97 Å². The van der Waals surface area contributed by atoms with Crippen molar-refractivity contribution in [1.82, 2.24) is 14.8 Å². The number of carboxylic acids is 1. The number of rotatable bonds is 5. The van der Waals surface area contributed by atoms with Crippen LogP contribution in [0.15, 0.2) is 36.8 Å². The first-order valence-corrected chi connectivity index (χ1v) is 5.62. The molecule has 0 aliphatic heterocycles. The third-order valence-electron chi connectivity index (χ3n) is 2.42. The lowest BCUT2D eigenvalue weighted by Crippen LogP contribution is -2.18. The molecule has 0 radical (unpaired) electrons. The van der Waals surface area contributed by atoms with Crippen LogP contribution in [-0.2, 0) is 11.3 Å². The molecular formula is C12H12N4O3. The van der Waals surface area contributed by atoms with Gasteiger partial charge in [0.25, 0.3) is 5.91 Å². The summed E-state index contributed by atoms with van der Waals surface area (Å²) < 4.78 is 1.37. The van der Waals surface area contributed by atoms with Crippen molar-refractivity contribution in [1.29, 1.82) is 0 Å². The summed E-state index contributed by atoms with van der Waals surface area (Å²) in [5.41, 5.74) is 0.934. The van der Waals surface area contributed by atoms with Gasteiger partial charge < -0.3 is 10.4 Å². The normalized spacial score (nSPS) is 10.1. The van der Waals surface area contributed by atoms with Gasteiger partial charge in [0.2, 0.25) is 0 Å². The number of aliphatic carboxylic acids is 1. The van der Waals surface area contributed by atoms with Crippen molar-refractivity contribution < 1.29 is 14.7 Å². The molecule has 19 heavy (non-hydrogen) atoms. The van der Waals surface area contributed by atoms with Gasteiger partial charge in [-0.3, -0.25) is 19.3 Å². The van der Waals surface area contributed by atoms with Crippen molar-refractivity contribution in [3.8, 4) is 0 Å². The third kappa shape index (κ3) is 3.38. The van der Waals surface area contributed by atoms with E-state index in [1.807, 2.05) is 0 Å². The highest BCUT2D eigenvalue weighted by Gasteiger charge is 2.12. The standard InChI is InChI=1S/C12H12N4O3/c17-11(18)4-8-16-10(3-7-14-16)12(19)15-9-1-5-13-6-2-9/h1-3,5-7H,4,8H2,(H,17,18)(H,13,15,19). The fourth-order valence-corrected chi connectivity index (χ4v) is 1.54. The van der Waals surface area contributed by atoms with Gasteiger partial charge in [-0.25, -0.2) is 0 Å². The van der Waals surface area contributed by atoms with Gasteiger partial charge in [-0.05, 0) is 18.2 Å². The van der Waals surface area contributed by atoms with Crippen LogP contribution in [-0.4, -0.2) is 31.7 Å². The summed E-state index contributed by atoms with van der Waals surface area (Å²) in [4.78, 5) is 26.4. The highest BCUT2D eigenvalue weighted by Crippen LogP contribution is 2.08. The van der Waals surface area contributed by atoms with Crippen LogP contribution >= 0.6 is 0 Å². The minimum absolute atomic E-state index is 0.0861. The molecule has 2 rings (SSSR count). The highest BCUT2D eigenvalue weighted by molar-refractivity contribution is 6.02. The minimum atomic E-state index is -0.934. The molecule has 0 atom stereocenters. The summed E-state index contributed by atoms with van der Waals surface area (Å²) in [5, 5.41) is 15.2. The number of aryl methyl sites for hydroxylation is 1. The zero-order valence-corrected chi connectivity index (χ0v) is 9.98. The smallest absolute Gasteiger partial charge is 0.305 e. The maximum Gasteiger partial charge on any atom is 0.305 e. The molecule has 0 aliphatic carbocycles. The molecule has 2 aromatic rings. The summed E-state index contributed by atoms with van der Waals surface area (Å²) in [5.74, 6) is -1.27. The number of anilines is 1. The number of carbonyl (C=O) groups is 2. The molecule has 0 unspecified atom stereocenters. The maximum absolute atomic E-state index is 12.0. The lowest BCUT2D eigenvalue weighted by atomic mass is 10.3. The van der Waals surface area contributed by atoms with Crippen LogP contribution in [0.25, 0.3) is 0 Å². The molecule has 2 N–H and O–H groups in total. The first kappa shape index (κ1) is 12.7. The maximum atomic E-state index is 12.0. The van der Waals surface area contributed by atoms with Gasteiger partial charge in [-0.1, -0.05) is 0 Å². The Hall–Kier alpha value is -2.70. The minimum Gasteiger partial charge on any atom is -0.481 e. The lowest BCUT2D eigenvalue weighted by Gasteiger charge is -2.07. The fraction of sp³-hybridized carbons (Fsp3) is 0.167. The number of hydrogen-bond acceptors (Lipinski definition) is 4. The molecule has 0 fully saturated rings. The van der Waals surface area contributed by atoms with E-state index in [2.05, 4.69) is 15.4 Å². The van der Waals surface area contributed by atoms with Gasteiger partial charge in [0.1, 0.15) is 5.69 Å². The zero-order chi connectivity index (χ0) is 13.7. The van der Waals surface area contributed by atoms with Crippen LogP contribution in [0, 0.1) is 0 Å². The first-order chi connectivity index (χ1) is 9.16. The SMILES string of the molecule is O=C(O)CCn1nccc1C(=O)Nc1ccncc1. The summed E-state index contributed by atoms with van der Waals surface area (Å²) in [6, 6.07) is 4.87. The molecule has 0 saturated carbocycles. The van der Waals surface area contributed by atoms with Crippen LogP contribution in [0.5, 0.6) is 0 Å². The van der Waals surface area contributed by atoms with E-state index in [0.29, 0.717) is 11.4 Å². The number of pyridine rings is 1. The van der Waals surface area contributed by atoms with E-state index in [1.165, 1.54) is 10.9 Å². The van der Waals surface area contributed by atoms with Crippen LogP contribution in [0.2, 0.25) is 0 Å². The third-order valence-corrected chi connectivity index (χ3v) is 2.42. The van der Waals surface area contributed by atoms with Gasteiger partial charge in [0.05, 0.1) is 13.0 Å².